The van der Waals surface area contributed by atoms with E-state index in [4.69, 9.17) is 5.73 Å². The first kappa shape index (κ1) is 14.7. The third-order valence-corrected chi connectivity index (χ3v) is 4.94. The van der Waals surface area contributed by atoms with Crippen LogP contribution in [0.3, 0.4) is 0 Å². The monoisotopic (exact) mass is 294 g/mol. The number of hydrogen-bond donors (Lipinski definition) is 2. The minimum absolute atomic E-state index is 0.246. The Kier molecular flexibility index (Phi) is 4.53. The van der Waals surface area contributed by atoms with E-state index in [-0.39, 0.29) is 11.4 Å². The number of hydrogen-bond acceptors (Lipinski definition) is 4. The van der Waals surface area contributed by atoms with Gasteiger partial charge in [-0.2, -0.15) is 0 Å². The zero-order chi connectivity index (χ0) is 14.6. The quantitative estimate of drug-likeness (QED) is 0.821. The number of aromatic nitrogens is 2. The second-order valence-corrected chi connectivity index (χ2v) is 6.54. The van der Waals surface area contributed by atoms with Gasteiger partial charge in [-0.25, -0.2) is 12.7 Å². The topological polar surface area (TPSA) is 92.1 Å². The molecule has 0 spiro atoms. The van der Waals surface area contributed by atoms with Gasteiger partial charge in [0.25, 0.3) is 0 Å². The lowest BCUT2D eigenvalue weighted by atomic mass is 10.2. The van der Waals surface area contributed by atoms with Crippen LogP contribution in [0.2, 0.25) is 0 Å². The highest BCUT2D eigenvalue weighted by atomic mass is 32.2. The van der Waals surface area contributed by atoms with Crippen LogP contribution >= 0.6 is 0 Å². The van der Waals surface area contributed by atoms with Crippen LogP contribution in [0, 0.1) is 0 Å². The summed E-state index contributed by atoms with van der Waals surface area (Å²) in [6.07, 6.45) is 5.51. The molecule has 0 aliphatic carbocycles. The first-order valence-corrected chi connectivity index (χ1v) is 7.70. The van der Waals surface area contributed by atoms with E-state index >= 15 is 0 Å². The first-order valence-electron chi connectivity index (χ1n) is 6.26. The number of pyridine rings is 1. The van der Waals surface area contributed by atoms with E-state index < -0.39 is 10.0 Å². The molecular weight excluding hydrogens is 276 g/mol. The summed E-state index contributed by atoms with van der Waals surface area (Å²) in [5.41, 5.74) is 7.23. The number of sulfonamides is 1. The highest BCUT2D eigenvalue weighted by Gasteiger charge is 2.21. The molecule has 7 heteroatoms. The van der Waals surface area contributed by atoms with Gasteiger partial charge in [0, 0.05) is 44.4 Å². The van der Waals surface area contributed by atoms with Crippen molar-refractivity contribution < 1.29 is 8.42 Å². The fraction of sp³-hybridized carbons (Fsp3) is 0.308. The molecule has 0 unspecified atom stereocenters. The Balaban J connectivity index is 2.05. The van der Waals surface area contributed by atoms with E-state index in [1.165, 1.54) is 10.5 Å². The van der Waals surface area contributed by atoms with Crippen molar-refractivity contribution in [3.63, 3.8) is 0 Å². The van der Waals surface area contributed by atoms with Gasteiger partial charge in [-0.15, -0.1) is 0 Å². The molecule has 0 atom stereocenters. The van der Waals surface area contributed by atoms with Crippen LogP contribution in [-0.2, 0) is 23.0 Å². The van der Waals surface area contributed by atoms with Crippen LogP contribution in [0.4, 0.5) is 0 Å². The lowest BCUT2D eigenvalue weighted by Crippen LogP contribution is -2.28. The average Bonchev–Trinajstić information content (AvgIpc) is 2.95. The van der Waals surface area contributed by atoms with Gasteiger partial charge in [0.2, 0.25) is 10.0 Å². The molecule has 0 amide bonds. The molecule has 20 heavy (non-hydrogen) atoms. The maximum Gasteiger partial charge on any atom is 0.244 e. The predicted octanol–water partition coefficient (Wildman–Crippen LogP) is 0.732. The number of H-pyrrole nitrogens is 1. The standard InChI is InChI=1S/C13H18N4O2S/c1-17(7-4-11-2-5-15-6-3-11)20(18,19)13-8-12(9-14)16-10-13/h2-3,5-6,8,10,16H,4,7,9,14H2,1H3. The Morgan fingerprint density at radius 2 is 2.05 bits per heavy atom. The largest absolute Gasteiger partial charge is 0.363 e. The molecule has 6 nitrogen and oxygen atoms in total. The average molecular weight is 294 g/mol. The lowest BCUT2D eigenvalue weighted by Gasteiger charge is -2.16. The van der Waals surface area contributed by atoms with E-state index in [0.717, 1.165) is 5.56 Å². The number of nitrogens with one attached hydrogen (secondary N) is 1. The van der Waals surface area contributed by atoms with Crippen LogP contribution in [0.25, 0.3) is 0 Å². The van der Waals surface area contributed by atoms with Crippen molar-refractivity contribution in [1.82, 2.24) is 14.3 Å². The molecule has 0 aliphatic heterocycles. The number of nitrogens with zero attached hydrogens (tertiary/aromatic N) is 2. The van der Waals surface area contributed by atoms with Gasteiger partial charge in [0.1, 0.15) is 0 Å². The van der Waals surface area contributed by atoms with Crippen molar-refractivity contribution in [2.75, 3.05) is 13.6 Å². The molecule has 2 aromatic rings. The predicted molar refractivity (Wildman–Crippen MR) is 76.4 cm³/mol. The summed E-state index contributed by atoms with van der Waals surface area (Å²) in [6.45, 7) is 0.700. The summed E-state index contributed by atoms with van der Waals surface area (Å²) in [5.74, 6) is 0. The van der Waals surface area contributed by atoms with Gasteiger partial charge in [0.15, 0.2) is 0 Å². The van der Waals surface area contributed by atoms with Crippen molar-refractivity contribution in [2.24, 2.45) is 5.73 Å². The van der Waals surface area contributed by atoms with Crippen molar-refractivity contribution in [1.29, 1.82) is 0 Å². The van der Waals surface area contributed by atoms with Crippen LogP contribution in [0.15, 0.2) is 41.7 Å². The van der Waals surface area contributed by atoms with E-state index in [2.05, 4.69) is 9.97 Å². The van der Waals surface area contributed by atoms with Crippen molar-refractivity contribution in [3.05, 3.63) is 48.0 Å². The Bertz CT molecular complexity index is 652. The molecule has 0 radical (unpaired) electrons. The third kappa shape index (κ3) is 3.24. The Labute approximate surface area is 118 Å². The summed E-state index contributed by atoms with van der Waals surface area (Å²) >= 11 is 0. The summed E-state index contributed by atoms with van der Waals surface area (Å²) in [6, 6.07) is 5.32. The van der Waals surface area contributed by atoms with Crippen molar-refractivity contribution >= 4 is 10.0 Å². The molecule has 3 N–H and O–H groups in total. The molecule has 2 rings (SSSR count). The first-order chi connectivity index (χ1) is 9.54. The highest BCUT2D eigenvalue weighted by molar-refractivity contribution is 7.89. The normalized spacial score (nSPS) is 11.9. The maximum atomic E-state index is 12.3. The van der Waals surface area contributed by atoms with Gasteiger partial charge in [-0.3, -0.25) is 4.98 Å². The molecule has 0 aromatic carbocycles. The van der Waals surface area contributed by atoms with Gasteiger partial charge >= 0.3 is 0 Å². The molecule has 108 valence electrons. The van der Waals surface area contributed by atoms with Crippen LogP contribution in [0.1, 0.15) is 11.3 Å². The van der Waals surface area contributed by atoms with Gasteiger partial charge in [0.05, 0.1) is 4.90 Å². The second-order valence-electron chi connectivity index (χ2n) is 4.50. The number of likely N-dealkylation sites (N-methyl/N-ethyl adjacent to an activating group) is 1. The molecular formula is C13H18N4O2S. The maximum absolute atomic E-state index is 12.3. The molecule has 0 bridgehead atoms. The lowest BCUT2D eigenvalue weighted by molar-refractivity contribution is 0.472. The fourth-order valence-corrected chi connectivity index (χ4v) is 3.01. The smallest absolute Gasteiger partial charge is 0.244 e. The number of rotatable bonds is 6. The summed E-state index contributed by atoms with van der Waals surface area (Å²) in [4.78, 5) is 7.03. The van der Waals surface area contributed by atoms with Crippen LogP contribution in [-0.4, -0.2) is 36.3 Å². The number of aromatic amines is 1. The molecule has 0 saturated heterocycles. The summed E-state index contributed by atoms with van der Waals surface area (Å²) in [7, 11) is -1.89. The molecule has 0 fully saturated rings. The summed E-state index contributed by atoms with van der Waals surface area (Å²) < 4.78 is 26.0. The van der Waals surface area contributed by atoms with Gasteiger partial charge in [-0.05, 0) is 30.2 Å². The van der Waals surface area contributed by atoms with Crippen LogP contribution < -0.4 is 5.73 Å². The van der Waals surface area contributed by atoms with E-state index in [1.54, 1.807) is 25.5 Å². The van der Waals surface area contributed by atoms with E-state index in [0.29, 0.717) is 18.7 Å². The van der Waals surface area contributed by atoms with Crippen molar-refractivity contribution in [3.8, 4) is 0 Å². The zero-order valence-corrected chi connectivity index (χ0v) is 12.1. The third-order valence-electron chi connectivity index (χ3n) is 3.11. The molecule has 2 aromatic heterocycles. The van der Waals surface area contributed by atoms with Crippen LogP contribution in [0.5, 0.6) is 0 Å². The highest BCUT2D eigenvalue weighted by Crippen LogP contribution is 2.15. The zero-order valence-electron chi connectivity index (χ0n) is 11.3. The molecule has 0 aliphatic rings. The SMILES string of the molecule is CN(CCc1ccncc1)S(=O)(=O)c1c[nH]c(CN)c1. The minimum Gasteiger partial charge on any atom is -0.363 e. The molecule has 2 heterocycles. The van der Waals surface area contributed by atoms with E-state index in [1.807, 2.05) is 12.1 Å². The number of nitrogens with two attached hydrogens (primary N) is 1. The van der Waals surface area contributed by atoms with Gasteiger partial charge < -0.3 is 10.7 Å². The Hall–Kier alpha value is -1.70. The second kappa shape index (κ2) is 6.17. The van der Waals surface area contributed by atoms with E-state index in [9.17, 15) is 8.42 Å². The minimum atomic E-state index is -3.47. The summed E-state index contributed by atoms with van der Waals surface area (Å²) in [5, 5.41) is 0. The Morgan fingerprint density at radius 3 is 2.65 bits per heavy atom. The van der Waals surface area contributed by atoms with Gasteiger partial charge in [-0.1, -0.05) is 0 Å². The molecule has 0 saturated carbocycles. The fourth-order valence-electron chi connectivity index (χ4n) is 1.82. The Morgan fingerprint density at radius 1 is 1.35 bits per heavy atom. The van der Waals surface area contributed by atoms with Crippen molar-refractivity contribution in [2.45, 2.75) is 17.9 Å².